The Labute approximate surface area is 126 Å². The zero-order valence-corrected chi connectivity index (χ0v) is 13.6. The largest absolute Gasteiger partial charge is 0.352 e. The summed E-state index contributed by atoms with van der Waals surface area (Å²) in [6.45, 7) is 6.45. The highest BCUT2D eigenvalue weighted by molar-refractivity contribution is 8.00. The molecule has 0 aromatic heterocycles. The summed E-state index contributed by atoms with van der Waals surface area (Å²) in [6, 6.07) is 6.78. The molecule has 1 saturated carbocycles. The van der Waals surface area contributed by atoms with Gasteiger partial charge in [-0.1, -0.05) is 37.5 Å². The van der Waals surface area contributed by atoms with Crippen LogP contribution in [0.1, 0.15) is 43.7 Å². The molecule has 20 heavy (non-hydrogen) atoms. The zero-order chi connectivity index (χ0) is 14.5. The number of rotatable bonds is 4. The predicted octanol–water partition coefficient (Wildman–Crippen LogP) is 4.09. The van der Waals surface area contributed by atoms with Crippen molar-refractivity contribution in [3.8, 4) is 0 Å². The first-order chi connectivity index (χ1) is 9.56. The highest BCUT2D eigenvalue weighted by Gasteiger charge is 2.22. The monoisotopic (exact) mass is 291 g/mol. The van der Waals surface area contributed by atoms with Crippen molar-refractivity contribution >= 4 is 17.7 Å². The first-order valence-electron chi connectivity index (χ1n) is 7.55. The van der Waals surface area contributed by atoms with Gasteiger partial charge in [-0.2, -0.15) is 0 Å². The Morgan fingerprint density at radius 1 is 1.30 bits per heavy atom. The van der Waals surface area contributed by atoms with Gasteiger partial charge in [0.15, 0.2) is 0 Å². The molecule has 2 rings (SSSR count). The summed E-state index contributed by atoms with van der Waals surface area (Å²) >= 11 is 1.64. The van der Waals surface area contributed by atoms with Crippen LogP contribution in [0.4, 0.5) is 0 Å². The maximum absolute atomic E-state index is 12.1. The van der Waals surface area contributed by atoms with Crippen molar-refractivity contribution in [3.63, 3.8) is 0 Å². The van der Waals surface area contributed by atoms with Gasteiger partial charge < -0.3 is 5.32 Å². The molecule has 1 fully saturated rings. The van der Waals surface area contributed by atoms with Gasteiger partial charge in [-0.25, -0.2) is 0 Å². The molecule has 0 heterocycles. The number of hydrogen-bond acceptors (Lipinski definition) is 2. The Balaban J connectivity index is 1.82. The van der Waals surface area contributed by atoms with Crippen LogP contribution in [0.3, 0.4) is 0 Å². The summed E-state index contributed by atoms with van der Waals surface area (Å²) in [5.41, 5.74) is 2.53. The summed E-state index contributed by atoms with van der Waals surface area (Å²) in [5, 5.41) is 3.21. The maximum atomic E-state index is 12.1. The number of carbonyl (C=O) groups excluding carboxylic acids is 1. The Morgan fingerprint density at radius 2 is 2.05 bits per heavy atom. The van der Waals surface area contributed by atoms with Gasteiger partial charge in [-0.15, -0.1) is 11.8 Å². The van der Waals surface area contributed by atoms with Gasteiger partial charge in [0.25, 0.3) is 0 Å². The molecule has 0 bridgehead atoms. The van der Waals surface area contributed by atoms with Crippen molar-refractivity contribution in [2.45, 2.75) is 57.4 Å². The van der Waals surface area contributed by atoms with Crippen molar-refractivity contribution < 1.29 is 4.79 Å². The number of thioether (sulfide) groups is 1. The number of carbonyl (C=O) groups is 1. The number of benzene rings is 1. The van der Waals surface area contributed by atoms with E-state index in [1.54, 1.807) is 11.8 Å². The summed E-state index contributed by atoms with van der Waals surface area (Å²) in [4.78, 5) is 13.3. The van der Waals surface area contributed by atoms with Crippen molar-refractivity contribution in [2.24, 2.45) is 5.92 Å². The number of hydrogen-bond donors (Lipinski definition) is 1. The lowest BCUT2D eigenvalue weighted by molar-refractivity contribution is -0.119. The Morgan fingerprint density at radius 3 is 2.75 bits per heavy atom. The van der Waals surface area contributed by atoms with E-state index < -0.39 is 0 Å². The summed E-state index contributed by atoms with van der Waals surface area (Å²) < 4.78 is 0. The molecule has 1 aliphatic carbocycles. The molecule has 0 aliphatic heterocycles. The van der Waals surface area contributed by atoms with E-state index >= 15 is 0 Å². The van der Waals surface area contributed by atoms with Crippen LogP contribution in [0.15, 0.2) is 23.1 Å². The van der Waals surface area contributed by atoms with Gasteiger partial charge in [0.2, 0.25) is 5.91 Å². The van der Waals surface area contributed by atoms with Gasteiger partial charge in [0.05, 0.1) is 5.75 Å². The van der Waals surface area contributed by atoms with Crippen LogP contribution in [-0.4, -0.2) is 17.7 Å². The number of nitrogens with one attached hydrogen (secondary N) is 1. The molecule has 0 spiro atoms. The van der Waals surface area contributed by atoms with E-state index in [1.807, 2.05) is 0 Å². The smallest absolute Gasteiger partial charge is 0.230 e. The van der Waals surface area contributed by atoms with Gasteiger partial charge in [-0.05, 0) is 44.2 Å². The maximum Gasteiger partial charge on any atom is 0.230 e. The second kappa shape index (κ2) is 7.16. The molecule has 1 aromatic carbocycles. The van der Waals surface area contributed by atoms with E-state index in [1.165, 1.54) is 35.3 Å². The average Bonchev–Trinajstić information content (AvgIpc) is 2.40. The molecule has 1 amide bonds. The third-order valence-corrected chi connectivity index (χ3v) is 5.32. The topological polar surface area (TPSA) is 29.1 Å². The minimum atomic E-state index is 0.175. The lowest BCUT2D eigenvalue weighted by atomic mass is 9.86. The fraction of sp³-hybridized carbons (Fsp3) is 0.588. The van der Waals surface area contributed by atoms with Crippen LogP contribution in [0.25, 0.3) is 0 Å². The lowest BCUT2D eigenvalue weighted by Gasteiger charge is -2.29. The van der Waals surface area contributed by atoms with Crippen LogP contribution in [0, 0.1) is 19.8 Å². The molecule has 110 valence electrons. The number of amides is 1. The third-order valence-electron chi connectivity index (χ3n) is 4.15. The van der Waals surface area contributed by atoms with Gasteiger partial charge in [0, 0.05) is 10.9 Å². The first kappa shape index (κ1) is 15.4. The van der Waals surface area contributed by atoms with Crippen molar-refractivity contribution in [1.82, 2.24) is 5.32 Å². The molecule has 1 N–H and O–H groups in total. The minimum absolute atomic E-state index is 0.175. The van der Waals surface area contributed by atoms with E-state index in [2.05, 4.69) is 44.3 Å². The molecule has 1 aromatic rings. The predicted molar refractivity (Wildman–Crippen MR) is 86.2 cm³/mol. The first-order valence-corrected chi connectivity index (χ1v) is 8.54. The molecule has 3 heteroatoms. The Bertz CT molecular complexity index is 472. The van der Waals surface area contributed by atoms with Crippen molar-refractivity contribution in [3.05, 3.63) is 29.3 Å². The normalized spacial score (nSPS) is 22.6. The lowest BCUT2D eigenvalue weighted by Crippen LogP contribution is -2.41. The van der Waals surface area contributed by atoms with Crippen LogP contribution in [0.5, 0.6) is 0 Å². The highest BCUT2D eigenvalue weighted by atomic mass is 32.2. The second-order valence-corrected chi connectivity index (χ2v) is 7.01. The second-order valence-electron chi connectivity index (χ2n) is 5.99. The molecular formula is C17H25NOS. The Hall–Kier alpha value is -0.960. The van der Waals surface area contributed by atoms with Crippen LogP contribution in [0.2, 0.25) is 0 Å². The van der Waals surface area contributed by atoms with Crippen LogP contribution >= 0.6 is 11.8 Å². The molecule has 0 saturated heterocycles. The minimum Gasteiger partial charge on any atom is -0.352 e. The molecule has 1 aliphatic rings. The van der Waals surface area contributed by atoms with Crippen molar-refractivity contribution in [2.75, 3.05) is 5.75 Å². The molecule has 2 nitrogen and oxygen atoms in total. The quantitative estimate of drug-likeness (QED) is 0.847. The van der Waals surface area contributed by atoms with E-state index in [4.69, 9.17) is 0 Å². The SMILES string of the molecule is Cc1ccc(SCC(=O)N[C@H]2CCCC[C@H]2C)c(C)c1. The van der Waals surface area contributed by atoms with E-state index in [-0.39, 0.29) is 5.91 Å². The standard InChI is InChI=1S/C17H25NOS/c1-12-8-9-16(14(3)10-12)20-11-17(19)18-15-7-5-4-6-13(15)2/h8-10,13,15H,4-7,11H2,1-3H3,(H,18,19)/t13-,15+/m1/s1. The molecule has 2 atom stereocenters. The highest BCUT2D eigenvalue weighted by Crippen LogP contribution is 2.25. The molecule has 0 radical (unpaired) electrons. The zero-order valence-electron chi connectivity index (χ0n) is 12.7. The van der Waals surface area contributed by atoms with Crippen LogP contribution < -0.4 is 5.32 Å². The third kappa shape index (κ3) is 4.27. The summed E-state index contributed by atoms with van der Waals surface area (Å²) in [5.74, 6) is 1.32. The Kier molecular flexibility index (Phi) is 5.53. The van der Waals surface area contributed by atoms with Crippen molar-refractivity contribution in [1.29, 1.82) is 0 Å². The number of aryl methyl sites for hydroxylation is 2. The fourth-order valence-corrected chi connectivity index (χ4v) is 3.70. The fourth-order valence-electron chi connectivity index (χ4n) is 2.88. The van der Waals surface area contributed by atoms with E-state index in [9.17, 15) is 4.79 Å². The summed E-state index contributed by atoms with van der Waals surface area (Å²) in [6.07, 6.45) is 4.95. The van der Waals surface area contributed by atoms with Crippen LogP contribution in [-0.2, 0) is 4.79 Å². The van der Waals surface area contributed by atoms with E-state index in [0.717, 1.165) is 6.42 Å². The summed E-state index contributed by atoms with van der Waals surface area (Å²) in [7, 11) is 0. The molecule has 0 unspecified atom stereocenters. The average molecular weight is 291 g/mol. The van der Waals surface area contributed by atoms with Gasteiger partial charge >= 0.3 is 0 Å². The molecular weight excluding hydrogens is 266 g/mol. The van der Waals surface area contributed by atoms with E-state index in [0.29, 0.717) is 17.7 Å². The van der Waals surface area contributed by atoms with Gasteiger partial charge in [-0.3, -0.25) is 4.79 Å². The van der Waals surface area contributed by atoms with Gasteiger partial charge in [0.1, 0.15) is 0 Å².